The number of nitrogens with one attached hydrogen (secondary N) is 3. The summed E-state index contributed by atoms with van der Waals surface area (Å²) in [6.45, 7) is 0. The predicted molar refractivity (Wildman–Crippen MR) is 97.5 cm³/mol. The Morgan fingerprint density at radius 1 is 0.962 bits per heavy atom. The van der Waals surface area contributed by atoms with Crippen molar-refractivity contribution in [3.63, 3.8) is 0 Å². The normalized spacial score (nSPS) is 12.0. The maximum atomic E-state index is 12.3. The van der Waals surface area contributed by atoms with Crippen molar-refractivity contribution >= 4 is 29.0 Å². The number of fused-ring (bicyclic) bond motifs is 1. The van der Waals surface area contributed by atoms with E-state index in [4.69, 9.17) is 14.2 Å². The van der Waals surface area contributed by atoms with Crippen LogP contribution in [0.4, 0.5) is 21.9 Å². The minimum atomic E-state index is -0.434. The average Bonchev–Trinajstić information content (AvgIpc) is 2.99. The third-order valence-electron chi connectivity index (χ3n) is 3.91. The molecular formula is C18H19N3O5. The van der Waals surface area contributed by atoms with Gasteiger partial charge >= 0.3 is 6.03 Å². The van der Waals surface area contributed by atoms with Crippen LogP contribution in [0.15, 0.2) is 30.3 Å². The second kappa shape index (κ2) is 7.22. The molecule has 26 heavy (non-hydrogen) atoms. The van der Waals surface area contributed by atoms with Crippen molar-refractivity contribution < 1.29 is 23.8 Å². The van der Waals surface area contributed by atoms with Crippen molar-refractivity contribution in [2.45, 2.75) is 6.42 Å². The number of hydrogen-bond donors (Lipinski definition) is 3. The van der Waals surface area contributed by atoms with E-state index in [2.05, 4.69) is 16.0 Å². The van der Waals surface area contributed by atoms with Gasteiger partial charge in [0.15, 0.2) is 11.5 Å². The predicted octanol–water partition coefficient (Wildman–Crippen LogP) is 2.85. The highest BCUT2D eigenvalue weighted by atomic mass is 16.5. The van der Waals surface area contributed by atoms with E-state index >= 15 is 0 Å². The van der Waals surface area contributed by atoms with Crippen LogP contribution < -0.4 is 30.2 Å². The number of ether oxygens (including phenoxy) is 3. The molecule has 1 aliphatic rings. The molecule has 1 heterocycles. The van der Waals surface area contributed by atoms with Crippen molar-refractivity contribution in [1.29, 1.82) is 0 Å². The molecule has 0 aliphatic carbocycles. The summed E-state index contributed by atoms with van der Waals surface area (Å²) in [5.41, 5.74) is 2.69. The first-order chi connectivity index (χ1) is 12.5. The van der Waals surface area contributed by atoms with Gasteiger partial charge in [-0.1, -0.05) is 0 Å². The zero-order chi connectivity index (χ0) is 18.7. The molecule has 0 spiro atoms. The van der Waals surface area contributed by atoms with Gasteiger partial charge in [-0.25, -0.2) is 4.79 Å². The van der Waals surface area contributed by atoms with Crippen LogP contribution >= 0.6 is 0 Å². The number of methoxy groups -OCH3 is 3. The van der Waals surface area contributed by atoms with Crippen LogP contribution in [0.25, 0.3) is 0 Å². The van der Waals surface area contributed by atoms with Crippen LogP contribution in [0.1, 0.15) is 5.56 Å². The van der Waals surface area contributed by atoms with E-state index in [0.29, 0.717) is 35.0 Å². The molecule has 2 aromatic rings. The van der Waals surface area contributed by atoms with Gasteiger partial charge in [0.25, 0.3) is 0 Å². The van der Waals surface area contributed by atoms with Crippen molar-refractivity contribution in [1.82, 2.24) is 0 Å². The Balaban J connectivity index is 1.74. The number of amides is 3. The van der Waals surface area contributed by atoms with Gasteiger partial charge in [-0.3, -0.25) is 4.79 Å². The fourth-order valence-electron chi connectivity index (χ4n) is 2.75. The van der Waals surface area contributed by atoms with Crippen LogP contribution in [0.2, 0.25) is 0 Å². The Morgan fingerprint density at radius 3 is 2.23 bits per heavy atom. The molecule has 0 saturated carbocycles. The number of rotatable bonds is 5. The second-order valence-electron chi connectivity index (χ2n) is 5.59. The maximum Gasteiger partial charge on any atom is 0.323 e. The van der Waals surface area contributed by atoms with E-state index in [0.717, 1.165) is 11.3 Å². The summed E-state index contributed by atoms with van der Waals surface area (Å²) in [5.74, 6) is 1.25. The Morgan fingerprint density at radius 2 is 1.62 bits per heavy atom. The molecule has 0 atom stereocenters. The first-order valence-corrected chi connectivity index (χ1v) is 7.85. The molecule has 136 valence electrons. The van der Waals surface area contributed by atoms with Crippen molar-refractivity contribution in [3.05, 3.63) is 35.9 Å². The molecule has 2 aromatic carbocycles. The van der Waals surface area contributed by atoms with Gasteiger partial charge in [-0.15, -0.1) is 0 Å². The monoisotopic (exact) mass is 357 g/mol. The molecule has 0 saturated heterocycles. The van der Waals surface area contributed by atoms with Crippen LogP contribution in [0, 0.1) is 0 Å². The molecule has 3 N–H and O–H groups in total. The minimum absolute atomic E-state index is 0.0565. The quantitative estimate of drug-likeness (QED) is 0.764. The van der Waals surface area contributed by atoms with Crippen LogP contribution in [-0.2, 0) is 11.2 Å². The summed E-state index contributed by atoms with van der Waals surface area (Å²) in [5, 5.41) is 8.20. The highest BCUT2D eigenvalue weighted by Crippen LogP contribution is 2.40. The van der Waals surface area contributed by atoms with Crippen molar-refractivity contribution in [3.8, 4) is 17.2 Å². The van der Waals surface area contributed by atoms with Crippen molar-refractivity contribution in [2.75, 3.05) is 37.3 Å². The first kappa shape index (κ1) is 17.4. The number of carbonyl (C=O) groups is 2. The highest BCUT2D eigenvalue weighted by Gasteiger charge is 2.18. The fraction of sp³-hybridized carbons (Fsp3) is 0.222. The standard InChI is InChI=1S/C18H19N3O5/c1-24-14-8-12(9-15(25-2)17(14)26-3)20-18(23)19-11-4-5-13-10(6-11)7-16(22)21-13/h4-6,8-9H,7H2,1-3H3,(H,21,22)(H2,19,20,23). The van der Waals surface area contributed by atoms with Gasteiger partial charge in [0.05, 0.1) is 33.4 Å². The first-order valence-electron chi connectivity index (χ1n) is 7.85. The fourth-order valence-corrected chi connectivity index (χ4v) is 2.75. The zero-order valence-corrected chi connectivity index (χ0v) is 14.6. The molecule has 3 amide bonds. The smallest absolute Gasteiger partial charge is 0.323 e. The zero-order valence-electron chi connectivity index (χ0n) is 14.6. The molecule has 0 fully saturated rings. The molecule has 0 unspecified atom stereocenters. The van der Waals surface area contributed by atoms with Crippen LogP contribution in [-0.4, -0.2) is 33.3 Å². The van der Waals surface area contributed by atoms with Crippen LogP contribution in [0.3, 0.4) is 0 Å². The summed E-state index contributed by atoms with van der Waals surface area (Å²) in [7, 11) is 4.51. The van der Waals surface area contributed by atoms with Gasteiger partial charge in [0.1, 0.15) is 0 Å². The SMILES string of the molecule is COc1cc(NC(=O)Nc2ccc3c(c2)CC(=O)N3)cc(OC)c1OC. The lowest BCUT2D eigenvalue weighted by molar-refractivity contribution is -0.115. The third-order valence-corrected chi connectivity index (χ3v) is 3.91. The lowest BCUT2D eigenvalue weighted by Crippen LogP contribution is -2.19. The molecule has 8 nitrogen and oxygen atoms in total. The third kappa shape index (κ3) is 3.49. The van der Waals surface area contributed by atoms with Crippen LogP contribution in [0.5, 0.6) is 17.2 Å². The van der Waals surface area contributed by atoms with Gasteiger partial charge < -0.3 is 30.2 Å². The molecule has 1 aliphatic heterocycles. The molecule has 0 bridgehead atoms. The number of anilines is 3. The summed E-state index contributed by atoms with van der Waals surface area (Å²) in [6, 6.07) is 8.08. The molecule has 0 radical (unpaired) electrons. The van der Waals surface area contributed by atoms with Gasteiger partial charge in [-0.2, -0.15) is 0 Å². The number of benzene rings is 2. The Kier molecular flexibility index (Phi) is 4.83. The summed E-state index contributed by atoms with van der Waals surface area (Å²) < 4.78 is 15.8. The van der Waals surface area contributed by atoms with E-state index in [1.165, 1.54) is 21.3 Å². The van der Waals surface area contributed by atoms with E-state index in [1.54, 1.807) is 30.3 Å². The Labute approximate surface area is 150 Å². The summed E-state index contributed by atoms with van der Waals surface area (Å²) in [4.78, 5) is 23.7. The molecule has 0 aromatic heterocycles. The van der Waals surface area contributed by atoms with E-state index < -0.39 is 6.03 Å². The lowest BCUT2D eigenvalue weighted by atomic mass is 10.1. The van der Waals surface area contributed by atoms with Gasteiger partial charge in [0.2, 0.25) is 11.7 Å². The summed E-state index contributed by atoms with van der Waals surface area (Å²) >= 11 is 0. The topological polar surface area (TPSA) is 97.9 Å². The Hall–Kier alpha value is -3.42. The molecule has 3 rings (SSSR count). The second-order valence-corrected chi connectivity index (χ2v) is 5.59. The number of hydrogen-bond acceptors (Lipinski definition) is 5. The highest BCUT2D eigenvalue weighted by molar-refractivity contribution is 6.02. The maximum absolute atomic E-state index is 12.3. The largest absolute Gasteiger partial charge is 0.493 e. The number of urea groups is 1. The van der Waals surface area contributed by atoms with E-state index in [1.807, 2.05) is 0 Å². The number of carbonyl (C=O) groups excluding carboxylic acids is 2. The van der Waals surface area contributed by atoms with E-state index in [-0.39, 0.29) is 5.91 Å². The molecule has 8 heteroatoms. The summed E-state index contributed by atoms with van der Waals surface area (Å²) in [6.07, 6.45) is 0.305. The van der Waals surface area contributed by atoms with E-state index in [9.17, 15) is 9.59 Å². The molecular weight excluding hydrogens is 338 g/mol. The average molecular weight is 357 g/mol. The van der Waals surface area contributed by atoms with Gasteiger partial charge in [-0.05, 0) is 23.8 Å². The van der Waals surface area contributed by atoms with Crippen molar-refractivity contribution in [2.24, 2.45) is 0 Å². The van der Waals surface area contributed by atoms with Gasteiger partial charge in [0, 0.05) is 23.5 Å². The lowest BCUT2D eigenvalue weighted by Gasteiger charge is -2.15. The Bertz CT molecular complexity index is 841. The minimum Gasteiger partial charge on any atom is -0.493 e.